The van der Waals surface area contributed by atoms with E-state index >= 15 is 0 Å². The number of fused-ring (bicyclic) bond motifs is 1. The van der Waals surface area contributed by atoms with E-state index in [-0.39, 0.29) is 10.8 Å². The molecule has 0 radical (unpaired) electrons. The molecule has 0 spiro atoms. The van der Waals surface area contributed by atoms with E-state index in [0.717, 1.165) is 42.6 Å². The number of hydrogen-bond acceptors (Lipinski definition) is 7. The summed E-state index contributed by atoms with van der Waals surface area (Å²) in [6.45, 7) is 14.4. The zero-order valence-electron chi connectivity index (χ0n) is 26.2. The monoisotopic (exact) mass is 621 g/mol. The number of rotatable bonds is 6. The standard InChI is InChI=1S/C33H43N5O5S/c1-24(2)35-14-16-36(17-15-35)30-13-11-27(31(39)37-18-20-38(21-19-37)32(40)43-33(3,4)5)23-29(30)34-44(41,42)28-12-10-25-8-6-7-9-26(25)22-28/h6-13,22-24,34H,14-21H2,1-5H3. The Hall–Kier alpha value is -3.83. The van der Waals surface area contributed by atoms with Crippen LogP contribution in [0.2, 0.25) is 0 Å². The molecule has 0 atom stereocenters. The fraction of sp³-hybridized carbons (Fsp3) is 0.455. The van der Waals surface area contributed by atoms with Crippen molar-refractivity contribution in [2.45, 2.75) is 51.2 Å². The van der Waals surface area contributed by atoms with Gasteiger partial charge >= 0.3 is 6.09 Å². The first-order valence-electron chi connectivity index (χ1n) is 15.2. The third-order valence-electron chi connectivity index (χ3n) is 8.12. The van der Waals surface area contributed by atoms with Crippen molar-refractivity contribution in [1.29, 1.82) is 0 Å². The van der Waals surface area contributed by atoms with Crippen LogP contribution in [0, 0.1) is 0 Å². The number of nitrogens with zero attached hydrogens (tertiary/aromatic N) is 4. The van der Waals surface area contributed by atoms with Gasteiger partial charge in [0, 0.05) is 64.0 Å². The highest BCUT2D eigenvalue weighted by atomic mass is 32.2. The van der Waals surface area contributed by atoms with E-state index in [1.54, 1.807) is 40.1 Å². The molecule has 2 aliphatic rings. The number of carbonyl (C=O) groups is 2. The Bertz CT molecular complexity index is 1620. The SMILES string of the molecule is CC(C)N1CCN(c2ccc(C(=O)N3CCN(C(=O)OC(C)(C)C)CC3)cc2NS(=O)(=O)c2ccc3ccccc3c2)CC1. The smallest absolute Gasteiger partial charge is 0.410 e. The average Bonchev–Trinajstić information content (AvgIpc) is 2.99. The Balaban J connectivity index is 1.39. The minimum atomic E-state index is -3.96. The zero-order chi connectivity index (χ0) is 31.6. The van der Waals surface area contributed by atoms with Crippen LogP contribution in [0.1, 0.15) is 45.0 Å². The molecular formula is C33H43N5O5S. The third-order valence-corrected chi connectivity index (χ3v) is 9.49. The molecule has 44 heavy (non-hydrogen) atoms. The van der Waals surface area contributed by atoms with Crippen LogP contribution in [0.5, 0.6) is 0 Å². The van der Waals surface area contributed by atoms with Crippen molar-refractivity contribution in [2.24, 2.45) is 0 Å². The van der Waals surface area contributed by atoms with Gasteiger partial charge < -0.3 is 19.4 Å². The summed E-state index contributed by atoms with van der Waals surface area (Å²) in [6, 6.07) is 18.4. The molecule has 0 aliphatic carbocycles. The van der Waals surface area contributed by atoms with E-state index in [0.29, 0.717) is 43.5 Å². The van der Waals surface area contributed by atoms with Crippen molar-refractivity contribution < 1.29 is 22.7 Å². The van der Waals surface area contributed by atoms with Crippen molar-refractivity contribution in [3.8, 4) is 0 Å². The summed E-state index contributed by atoms with van der Waals surface area (Å²) in [6.07, 6.45) is -0.392. The number of sulfonamides is 1. The molecule has 236 valence electrons. The molecule has 3 aromatic carbocycles. The normalized spacial score (nSPS) is 16.8. The van der Waals surface area contributed by atoms with Crippen LogP contribution in [-0.4, -0.2) is 99.1 Å². The van der Waals surface area contributed by atoms with Crippen molar-refractivity contribution in [2.75, 3.05) is 62.0 Å². The molecule has 2 fully saturated rings. The molecule has 0 saturated carbocycles. The van der Waals surface area contributed by atoms with Crippen LogP contribution in [0.3, 0.4) is 0 Å². The van der Waals surface area contributed by atoms with Gasteiger partial charge in [0.15, 0.2) is 0 Å². The van der Waals surface area contributed by atoms with E-state index in [1.807, 2.05) is 51.1 Å². The molecule has 3 aromatic rings. The topological polar surface area (TPSA) is 102 Å². The van der Waals surface area contributed by atoms with Crippen LogP contribution in [0.15, 0.2) is 65.6 Å². The van der Waals surface area contributed by atoms with Gasteiger partial charge in [-0.1, -0.05) is 30.3 Å². The molecule has 2 aliphatic heterocycles. The molecule has 0 aromatic heterocycles. The van der Waals surface area contributed by atoms with Gasteiger partial charge in [-0.3, -0.25) is 14.4 Å². The highest BCUT2D eigenvalue weighted by Crippen LogP contribution is 2.32. The first-order chi connectivity index (χ1) is 20.8. The molecule has 2 heterocycles. The zero-order valence-corrected chi connectivity index (χ0v) is 27.1. The maximum atomic E-state index is 13.7. The molecule has 2 amide bonds. The van der Waals surface area contributed by atoms with Crippen LogP contribution >= 0.6 is 0 Å². The molecule has 5 rings (SSSR count). The number of ether oxygens (including phenoxy) is 1. The average molecular weight is 622 g/mol. The summed E-state index contributed by atoms with van der Waals surface area (Å²) in [5.74, 6) is -0.212. The number of amides is 2. The number of hydrogen-bond donors (Lipinski definition) is 1. The Morgan fingerprint density at radius 1 is 0.795 bits per heavy atom. The number of nitrogens with one attached hydrogen (secondary N) is 1. The third kappa shape index (κ3) is 7.27. The van der Waals surface area contributed by atoms with Crippen molar-refractivity contribution in [1.82, 2.24) is 14.7 Å². The Kier molecular flexibility index (Phi) is 9.08. The number of benzene rings is 3. The van der Waals surface area contributed by atoms with E-state index in [9.17, 15) is 18.0 Å². The van der Waals surface area contributed by atoms with Gasteiger partial charge in [-0.05, 0) is 75.7 Å². The highest BCUT2D eigenvalue weighted by Gasteiger charge is 2.29. The number of piperazine rings is 2. The van der Waals surface area contributed by atoms with Gasteiger partial charge in [0.05, 0.1) is 16.3 Å². The Labute approximate surface area is 260 Å². The van der Waals surface area contributed by atoms with Crippen LogP contribution in [-0.2, 0) is 14.8 Å². The van der Waals surface area contributed by atoms with Gasteiger partial charge in [-0.25, -0.2) is 13.2 Å². The Morgan fingerprint density at radius 2 is 1.43 bits per heavy atom. The quantitative estimate of drug-likeness (QED) is 0.419. The van der Waals surface area contributed by atoms with Crippen molar-refractivity contribution >= 4 is 44.2 Å². The summed E-state index contributed by atoms with van der Waals surface area (Å²) >= 11 is 0. The van der Waals surface area contributed by atoms with E-state index in [1.165, 1.54) is 0 Å². The first-order valence-corrected chi connectivity index (χ1v) is 16.7. The van der Waals surface area contributed by atoms with Gasteiger partial charge in [-0.2, -0.15) is 0 Å². The van der Waals surface area contributed by atoms with Gasteiger partial charge in [-0.15, -0.1) is 0 Å². The van der Waals surface area contributed by atoms with E-state index in [4.69, 9.17) is 4.74 Å². The van der Waals surface area contributed by atoms with Crippen molar-refractivity contribution in [3.05, 3.63) is 66.2 Å². The molecular weight excluding hydrogens is 578 g/mol. The summed E-state index contributed by atoms with van der Waals surface area (Å²) in [5.41, 5.74) is 0.902. The molecule has 1 N–H and O–H groups in total. The predicted molar refractivity (Wildman–Crippen MR) is 174 cm³/mol. The van der Waals surface area contributed by atoms with E-state index < -0.39 is 21.7 Å². The van der Waals surface area contributed by atoms with Gasteiger partial charge in [0.25, 0.3) is 15.9 Å². The minimum Gasteiger partial charge on any atom is -0.444 e. The minimum absolute atomic E-state index is 0.154. The molecule has 10 nitrogen and oxygen atoms in total. The summed E-state index contributed by atoms with van der Waals surface area (Å²) in [5, 5.41) is 1.78. The predicted octanol–water partition coefficient (Wildman–Crippen LogP) is 4.86. The maximum Gasteiger partial charge on any atom is 0.410 e. The van der Waals surface area contributed by atoms with Gasteiger partial charge in [0.1, 0.15) is 5.60 Å². The second-order valence-corrected chi connectivity index (χ2v) is 14.4. The second kappa shape index (κ2) is 12.6. The molecule has 0 unspecified atom stereocenters. The summed E-state index contributed by atoms with van der Waals surface area (Å²) < 4.78 is 35.7. The van der Waals surface area contributed by atoms with Crippen LogP contribution in [0.4, 0.5) is 16.2 Å². The first kappa shape index (κ1) is 31.6. The Morgan fingerprint density at radius 3 is 2.07 bits per heavy atom. The summed E-state index contributed by atoms with van der Waals surface area (Å²) in [4.78, 5) is 34.2. The van der Waals surface area contributed by atoms with Crippen LogP contribution < -0.4 is 9.62 Å². The van der Waals surface area contributed by atoms with Gasteiger partial charge in [0.2, 0.25) is 0 Å². The lowest BCUT2D eigenvalue weighted by Gasteiger charge is -2.39. The van der Waals surface area contributed by atoms with Crippen LogP contribution in [0.25, 0.3) is 10.8 Å². The number of carbonyl (C=O) groups excluding carboxylic acids is 2. The van der Waals surface area contributed by atoms with E-state index in [2.05, 4.69) is 28.4 Å². The largest absolute Gasteiger partial charge is 0.444 e. The number of anilines is 2. The lowest BCUT2D eigenvalue weighted by Crippen LogP contribution is -2.51. The lowest BCUT2D eigenvalue weighted by molar-refractivity contribution is 0.0141. The molecule has 2 saturated heterocycles. The summed E-state index contributed by atoms with van der Waals surface area (Å²) in [7, 11) is -3.96. The fourth-order valence-electron chi connectivity index (χ4n) is 5.65. The highest BCUT2D eigenvalue weighted by molar-refractivity contribution is 7.92. The lowest BCUT2D eigenvalue weighted by atomic mass is 10.1. The fourth-order valence-corrected chi connectivity index (χ4v) is 6.75. The maximum absolute atomic E-state index is 13.7. The second-order valence-electron chi connectivity index (χ2n) is 12.7. The van der Waals surface area contributed by atoms with Crippen molar-refractivity contribution in [3.63, 3.8) is 0 Å². The molecule has 11 heteroatoms. The molecule has 0 bridgehead atoms.